The number of benzene rings is 2. The first-order valence-corrected chi connectivity index (χ1v) is 7.99. The van der Waals surface area contributed by atoms with Crippen molar-refractivity contribution in [3.63, 3.8) is 0 Å². The molecule has 0 aliphatic rings. The lowest BCUT2D eigenvalue weighted by Crippen LogP contribution is -2.33. The first kappa shape index (κ1) is 18.3. The number of phenols is 1. The van der Waals surface area contributed by atoms with E-state index in [1.807, 2.05) is 24.3 Å². The van der Waals surface area contributed by atoms with Crippen LogP contribution in [0.2, 0.25) is 0 Å². The highest BCUT2D eigenvalue weighted by atomic mass is 16.5. The number of rotatable bonds is 7. The second kappa shape index (κ2) is 8.73. The molecule has 0 aliphatic carbocycles. The summed E-state index contributed by atoms with van der Waals surface area (Å²) in [4.78, 5) is 12.0. The van der Waals surface area contributed by atoms with E-state index in [0.717, 1.165) is 6.42 Å². The van der Waals surface area contributed by atoms with Gasteiger partial charge in [-0.25, -0.2) is 5.43 Å². The van der Waals surface area contributed by atoms with Crippen LogP contribution in [0.3, 0.4) is 0 Å². The van der Waals surface area contributed by atoms with Gasteiger partial charge in [-0.05, 0) is 54.8 Å². The maximum absolute atomic E-state index is 12.0. The average molecular weight is 342 g/mol. The third-order valence-electron chi connectivity index (χ3n) is 3.61. The van der Waals surface area contributed by atoms with Crippen molar-refractivity contribution < 1.29 is 19.4 Å². The molecule has 25 heavy (non-hydrogen) atoms. The van der Waals surface area contributed by atoms with Crippen molar-refractivity contribution in [1.82, 2.24) is 5.43 Å². The second-order valence-corrected chi connectivity index (χ2v) is 5.42. The Labute approximate surface area is 147 Å². The van der Waals surface area contributed by atoms with E-state index in [0.29, 0.717) is 17.1 Å². The van der Waals surface area contributed by atoms with Gasteiger partial charge in [-0.3, -0.25) is 4.79 Å². The standard InChI is InChI=1S/C19H22N2O4/c1-4-14-5-8-16(9-6-14)25-13(2)19(23)21-20-12-15-7-10-17(22)18(11-15)24-3/h5-13,22H,4H2,1-3H3,(H,21,23). The van der Waals surface area contributed by atoms with E-state index in [1.54, 1.807) is 19.1 Å². The number of nitrogens with zero attached hydrogens (tertiary/aromatic N) is 1. The fourth-order valence-electron chi connectivity index (χ4n) is 2.10. The molecule has 6 heteroatoms. The largest absolute Gasteiger partial charge is 0.504 e. The van der Waals surface area contributed by atoms with Crippen molar-refractivity contribution in [2.24, 2.45) is 5.10 Å². The predicted molar refractivity (Wildman–Crippen MR) is 96.3 cm³/mol. The molecule has 2 rings (SSSR count). The summed E-state index contributed by atoms with van der Waals surface area (Å²) in [6.07, 6.45) is 1.73. The molecular formula is C19H22N2O4. The van der Waals surface area contributed by atoms with E-state index in [1.165, 1.54) is 25.0 Å². The number of aromatic hydroxyl groups is 1. The molecule has 132 valence electrons. The van der Waals surface area contributed by atoms with Crippen LogP contribution in [-0.4, -0.2) is 30.4 Å². The topological polar surface area (TPSA) is 80.2 Å². The van der Waals surface area contributed by atoms with E-state index in [2.05, 4.69) is 17.5 Å². The number of aryl methyl sites for hydroxylation is 1. The normalized spacial score (nSPS) is 12.0. The maximum atomic E-state index is 12.0. The summed E-state index contributed by atoms with van der Waals surface area (Å²) in [5.74, 6) is 0.649. The number of ether oxygens (including phenoxy) is 2. The number of phenolic OH excluding ortho intramolecular Hbond substituents is 1. The summed E-state index contributed by atoms with van der Waals surface area (Å²) in [7, 11) is 1.46. The lowest BCUT2D eigenvalue weighted by atomic mass is 10.2. The molecule has 1 amide bonds. The van der Waals surface area contributed by atoms with Crippen LogP contribution in [0.25, 0.3) is 0 Å². The van der Waals surface area contributed by atoms with Crippen LogP contribution >= 0.6 is 0 Å². The zero-order chi connectivity index (χ0) is 18.2. The smallest absolute Gasteiger partial charge is 0.280 e. The predicted octanol–water partition coefficient (Wildman–Crippen LogP) is 2.88. The number of hydrogen-bond acceptors (Lipinski definition) is 5. The van der Waals surface area contributed by atoms with E-state index in [-0.39, 0.29) is 11.7 Å². The molecule has 0 fully saturated rings. The lowest BCUT2D eigenvalue weighted by molar-refractivity contribution is -0.127. The Bertz CT molecular complexity index is 742. The summed E-state index contributed by atoms with van der Waals surface area (Å²) in [6.45, 7) is 3.73. The monoisotopic (exact) mass is 342 g/mol. The maximum Gasteiger partial charge on any atom is 0.280 e. The average Bonchev–Trinajstić information content (AvgIpc) is 2.63. The fourth-order valence-corrected chi connectivity index (χ4v) is 2.10. The van der Waals surface area contributed by atoms with E-state index < -0.39 is 6.10 Å². The molecule has 0 bridgehead atoms. The van der Waals surface area contributed by atoms with Gasteiger partial charge in [0.25, 0.3) is 5.91 Å². The van der Waals surface area contributed by atoms with Crippen molar-refractivity contribution >= 4 is 12.1 Å². The van der Waals surface area contributed by atoms with E-state index in [4.69, 9.17) is 9.47 Å². The van der Waals surface area contributed by atoms with Crippen LogP contribution in [0, 0.1) is 0 Å². The van der Waals surface area contributed by atoms with Crippen LogP contribution in [0.4, 0.5) is 0 Å². The van der Waals surface area contributed by atoms with Gasteiger partial charge >= 0.3 is 0 Å². The number of methoxy groups -OCH3 is 1. The fraction of sp³-hybridized carbons (Fsp3) is 0.263. The van der Waals surface area contributed by atoms with Gasteiger partial charge in [0.1, 0.15) is 5.75 Å². The van der Waals surface area contributed by atoms with Crippen molar-refractivity contribution in [3.05, 3.63) is 53.6 Å². The first-order chi connectivity index (χ1) is 12.0. The highest BCUT2D eigenvalue weighted by molar-refractivity contribution is 5.84. The lowest BCUT2D eigenvalue weighted by Gasteiger charge is -2.13. The number of nitrogens with one attached hydrogen (secondary N) is 1. The number of amides is 1. The molecule has 0 saturated heterocycles. The Kier molecular flexibility index (Phi) is 6.39. The summed E-state index contributed by atoms with van der Waals surface area (Å²) < 4.78 is 10.6. The van der Waals surface area contributed by atoms with Gasteiger partial charge in [-0.2, -0.15) is 5.10 Å². The number of hydrogen-bond donors (Lipinski definition) is 2. The Morgan fingerprint density at radius 3 is 2.64 bits per heavy atom. The molecule has 2 aromatic rings. The minimum Gasteiger partial charge on any atom is -0.504 e. The number of carbonyl (C=O) groups excluding carboxylic acids is 1. The molecule has 0 radical (unpaired) electrons. The van der Waals surface area contributed by atoms with E-state index in [9.17, 15) is 9.90 Å². The SMILES string of the molecule is CCc1ccc(OC(C)C(=O)NN=Cc2ccc(O)c(OC)c2)cc1. The number of carbonyl (C=O) groups is 1. The molecule has 6 nitrogen and oxygen atoms in total. The summed E-state index contributed by atoms with van der Waals surface area (Å²) in [5.41, 5.74) is 4.31. The van der Waals surface area contributed by atoms with Gasteiger partial charge in [0.05, 0.1) is 13.3 Å². The molecule has 2 aromatic carbocycles. The summed E-state index contributed by atoms with van der Waals surface area (Å²) in [6, 6.07) is 12.4. The highest BCUT2D eigenvalue weighted by Crippen LogP contribution is 2.25. The van der Waals surface area contributed by atoms with Crippen molar-refractivity contribution in [2.45, 2.75) is 26.4 Å². The highest BCUT2D eigenvalue weighted by Gasteiger charge is 2.13. The summed E-state index contributed by atoms with van der Waals surface area (Å²) in [5, 5.41) is 13.4. The molecule has 0 aromatic heterocycles. The Balaban J connectivity index is 1.90. The molecule has 0 heterocycles. The molecular weight excluding hydrogens is 320 g/mol. The zero-order valence-electron chi connectivity index (χ0n) is 14.5. The van der Waals surface area contributed by atoms with E-state index >= 15 is 0 Å². The van der Waals surface area contributed by atoms with Crippen molar-refractivity contribution in [2.75, 3.05) is 7.11 Å². The van der Waals surface area contributed by atoms with Gasteiger partial charge in [-0.1, -0.05) is 19.1 Å². The second-order valence-electron chi connectivity index (χ2n) is 5.42. The van der Waals surface area contributed by atoms with Crippen molar-refractivity contribution in [1.29, 1.82) is 0 Å². The minimum absolute atomic E-state index is 0.0415. The third kappa shape index (κ3) is 5.24. The van der Waals surface area contributed by atoms with Gasteiger partial charge in [0, 0.05) is 0 Å². The molecule has 2 N–H and O–H groups in total. The molecule has 1 atom stereocenters. The van der Waals surface area contributed by atoms with Gasteiger partial charge in [-0.15, -0.1) is 0 Å². The Morgan fingerprint density at radius 1 is 1.28 bits per heavy atom. The van der Waals surface area contributed by atoms with Crippen LogP contribution in [0.5, 0.6) is 17.2 Å². The van der Waals surface area contributed by atoms with Crippen LogP contribution in [0.15, 0.2) is 47.6 Å². The number of hydrazone groups is 1. The van der Waals surface area contributed by atoms with Gasteiger partial charge in [0.2, 0.25) is 0 Å². The minimum atomic E-state index is -0.681. The zero-order valence-corrected chi connectivity index (χ0v) is 14.5. The first-order valence-electron chi connectivity index (χ1n) is 7.99. The Hall–Kier alpha value is -3.02. The van der Waals surface area contributed by atoms with Gasteiger partial charge < -0.3 is 14.6 Å². The quantitative estimate of drug-likeness (QED) is 0.599. The molecule has 1 unspecified atom stereocenters. The summed E-state index contributed by atoms with van der Waals surface area (Å²) >= 11 is 0. The van der Waals surface area contributed by atoms with Gasteiger partial charge in [0.15, 0.2) is 17.6 Å². The van der Waals surface area contributed by atoms with Crippen LogP contribution < -0.4 is 14.9 Å². The molecule has 0 aliphatic heterocycles. The molecule has 0 spiro atoms. The van der Waals surface area contributed by atoms with Crippen molar-refractivity contribution in [3.8, 4) is 17.2 Å². The Morgan fingerprint density at radius 2 is 2.00 bits per heavy atom. The molecule has 0 saturated carbocycles. The third-order valence-corrected chi connectivity index (χ3v) is 3.61. The van der Waals surface area contributed by atoms with Crippen LogP contribution in [0.1, 0.15) is 25.0 Å². The van der Waals surface area contributed by atoms with Crippen LogP contribution in [-0.2, 0) is 11.2 Å².